The van der Waals surface area contributed by atoms with E-state index >= 15 is 0 Å². The van der Waals surface area contributed by atoms with E-state index in [2.05, 4.69) is 17.1 Å². The summed E-state index contributed by atoms with van der Waals surface area (Å²) >= 11 is 0. The molecule has 64 valence electrons. The van der Waals surface area contributed by atoms with Crippen molar-refractivity contribution in [2.24, 2.45) is 5.11 Å². The molecule has 0 spiro atoms. The third-order valence-electron chi connectivity index (χ3n) is 1.89. The summed E-state index contributed by atoms with van der Waals surface area (Å²) in [5.41, 5.74) is 0. The first-order valence-corrected chi connectivity index (χ1v) is 3.74. The van der Waals surface area contributed by atoms with E-state index in [1.165, 1.54) is 7.05 Å². The average molecular weight is 158 g/mol. The molecule has 1 rings (SSSR count). The lowest BCUT2D eigenvalue weighted by molar-refractivity contribution is -0.694. The van der Waals surface area contributed by atoms with Crippen molar-refractivity contribution >= 4 is 0 Å². The van der Waals surface area contributed by atoms with Gasteiger partial charge in [0.15, 0.2) is 0 Å². The van der Waals surface area contributed by atoms with Crippen LogP contribution in [0.15, 0.2) is 5.11 Å². The average Bonchev–Trinajstić information content (AvgIpc) is 2.05. The van der Waals surface area contributed by atoms with Gasteiger partial charge >= 0.3 is 0 Å². The van der Waals surface area contributed by atoms with E-state index in [1.54, 1.807) is 5.01 Å². The standard InChI is InChI=1S/C6H14N4O/c1-7-10(11)9-5-3-8(2)4-6-9/h3-6H2,1-2H3. The van der Waals surface area contributed by atoms with Crippen molar-refractivity contribution in [1.29, 1.82) is 0 Å². The van der Waals surface area contributed by atoms with Crippen molar-refractivity contribution in [3.63, 3.8) is 0 Å². The molecule has 11 heavy (non-hydrogen) atoms. The SMILES string of the molecule is CN=[N+]([O-])N1CCN(C)CC1. The summed E-state index contributed by atoms with van der Waals surface area (Å²) in [5, 5.41) is 16.1. The first kappa shape index (κ1) is 8.26. The maximum absolute atomic E-state index is 10.9. The van der Waals surface area contributed by atoms with Crippen LogP contribution in [0.1, 0.15) is 0 Å². The molecule has 5 heteroatoms. The molecule has 1 saturated heterocycles. The van der Waals surface area contributed by atoms with Crippen LogP contribution in [0.4, 0.5) is 0 Å². The van der Waals surface area contributed by atoms with Crippen molar-refractivity contribution in [1.82, 2.24) is 9.91 Å². The Morgan fingerprint density at radius 1 is 1.27 bits per heavy atom. The predicted octanol–water partition coefficient (Wildman–Crippen LogP) is -0.259. The van der Waals surface area contributed by atoms with Crippen molar-refractivity contribution in [2.45, 2.75) is 0 Å². The monoisotopic (exact) mass is 158 g/mol. The molecule has 1 aliphatic rings. The fourth-order valence-electron chi connectivity index (χ4n) is 1.09. The van der Waals surface area contributed by atoms with Crippen LogP contribution in [0, 0.1) is 5.21 Å². The van der Waals surface area contributed by atoms with Crippen molar-refractivity contribution in [3.05, 3.63) is 5.21 Å². The van der Waals surface area contributed by atoms with E-state index < -0.39 is 0 Å². The molecule has 0 aliphatic carbocycles. The lowest BCUT2D eigenvalue weighted by Gasteiger charge is -2.28. The minimum absolute atomic E-state index is 0.674. The van der Waals surface area contributed by atoms with Crippen LogP contribution in [0.5, 0.6) is 0 Å². The summed E-state index contributed by atoms with van der Waals surface area (Å²) in [5.74, 6) is 0. The molecule has 0 unspecified atom stereocenters. The van der Waals surface area contributed by atoms with Gasteiger partial charge in [-0.15, -0.1) is 5.01 Å². The number of nitrogens with zero attached hydrogens (tertiary/aromatic N) is 4. The molecule has 0 aromatic carbocycles. The molecule has 0 aromatic rings. The van der Waals surface area contributed by atoms with Gasteiger partial charge in [-0.1, -0.05) is 0 Å². The van der Waals surface area contributed by atoms with Crippen LogP contribution in [0.25, 0.3) is 0 Å². The van der Waals surface area contributed by atoms with Gasteiger partial charge in [-0.2, -0.15) is 0 Å². The maximum Gasteiger partial charge on any atom is 0.0953 e. The number of hydrogen-bond donors (Lipinski definition) is 0. The summed E-state index contributed by atoms with van der Waals surface area (Å²) < 4.78 is 0. The molecular weight excluding hydrogens is 144 g/mol. The predicted molar refractivity (Wildman–Crippen MR) is 41.0 cm³/mol. The highest BCUT2D eigenvalue weighted by atomic mass is 16.5. The minimum atomic E-state index is 0.674. The van der Waals surface area contributed by atoms with E-state index in [4.69, 9.17) is 0 Å². The van der Waals surface area contributed by atoms with E-state index in [-0.39, 0.29) is 0 Å². The van der Waals surface area contributed by atoms with Gasteiger partial charge in [-0.25, -0.2) is 0 Å². The van der Waals surface area contributed by atoms with Crippen LogP contribution in [0.2, 0.25) is 0 Å². The largest absolute Gasteiger partial charge is 0.572 e. The minimum Gasteiger partial charge on any atom is -0.572 e. The molecule has 0 radical (unpaired) electrons. The maximum atomic E-state index is 10.9. The van der Waals surface area contributed by atoms with Gasteiger partial charge in [0, 0.05) is 18.1 Å². The summed E-state index contributed by atoms with van der Waals surface area (Å²) in [6.07, 6.45) is 0. The Hall–Kier alpha value is -0.840. The highest BCUT2D eigenvalue weighted by molar-refractivity contribution is 4.61. The smallest absolute Gasteiger partial charge is 0.0953 e. The summed E-state index contributed by atoms with van der Waals surface area (Å²) in [7, 11) is 3.56. The van der Waals surface area contributed by atoms with Gasteiger partial charge in [0.05, 0.1) is 20.1 Å². The Bertz CT molecular complexity index is 151. The number of rotatable bonds is 1. The second kappa shape index (κ2) is 3.52. The third kappa shape index (κ3) is 2.04. The first-order valence-electron chi connectivity index (χ1n) is 3.74. The molecule has 1 fully saturated rings. The van der Waals surface area contributed by atoms with E-state index in [0.717, 1.165) is 26.2 Å². The molecule has 0 bridgehead atoms. The molecule has 1 aliphatic heterocycles. The van der Waals surface area contributed by atoms with Gasteiger partial charge in [0.1, 0.15) is 0 Å². The molecular formula is C6H14N4O. The zero-order valence-electron chi connectivity index (χ0n) is 7.03. The van der Waals surface area contributed by atoms with E-state index in [1.807, 2.05) is 0 Å². The van der Waals surface area contributed by atoms with Crippen molar-refractivity contribution < 1.29 is 4.97 Å². The third-order valence-corrected chi connectivity index (χ3v) is 1.89. The van der Waals surface area contributed by atoms with Crippen molar-refractivity contribution in [2.75, 3.05) is 40.3 Å². The van der Waals surface area contributed by atoms with Crippen LogP contribution >= 0.6 is 0 Å². The summed E-state index contributed by atoms with van der Waals surface area (Å²) in [6.45, 7) is 3.43. The Labute approximate surface area is 66.5 Å². The van der Waals surface area contributed by atoms with Crippen molar-refractivity contribution in [3.8, 4) is 0 Å². The fourth-order valence-corrected chi connectivity index (χ4v) is 1.09. The van der Waals surface area contributed by atoms with Crippen LogP contribution < -0.4 is 0 Å². The van der Waals surface area contributed by atoms with E-state index in [9.17, 15) is 5.21 Å². The zero-order chi connectivity index (χ0) is 8.27. The lowest BCUT2D eigenvalue weighted by Crippen LogP contribution is -2.47. The van der Waals surface area contributed by atoms with Crippen LogP contribution in [-0.2, 0) is 0 Å². The van der Waals surface area contributed by atoms with E-state index in [0.29, 0.717) is 4.97 Å². The highest BCUT2D eigenvalue weighted by Crippen LogP contribution is 1.98. The quantitative estimate of drug-likeness (QED) is 0.300. The van der Waals surface area contributed by atoms with Gasteiger partial charge in [0.2, 0.25) is 0 Å². The molecule has 0 aromatic heterocycles. The summed E-state index contributed by atoms with van der Waals surface area (Å²) in [4.78, 5) is 2.87. The number of hydrazine groups is 1. The highest BCUT2D eigenvalue weighted by Gasteiger charge is 2.18. The van der Waals surface area contributed by atoms with Gasteiger partial charge in [0.25, 0.3) is 0 Å². The topological polar surface area (TPSA) is 44.9 Å². The zero-order valence-corrected chi connectivity index (χ0v) is 7.03. The molecule has 0 atom stereocenters. The van der Waals surface area contributed by atoms with Gasteiger partial charge in [-0.3, -0.25) is 0 Å². The molecule has 0 saturated carbocycles. The number of hydrogen-bond acceptors (Lipinski definition) is 3. The Morgan fingerprint density at radius 2 is 1.82 bits per heavy atom. The van der Waals surface area contributed by atoms with Gasteiger partial charge in [-0.05, 0) is 12.2 Å². The molecule has 0 amide bonds. The number of piperazine rings is 1. The van der Waals surface area contributed by atoms with Gasteiger partial charge < -0.3 is 10.1 Å². The second-order valence-corrected chi connectivity index (χ2v) is 2.71. The molecule has 0 N–H and O–H groups in total. The molecule has 5 nitrogen and oxygen atoms in total. The molecule has 1 heterocycles. The first-order chi connectivity index (χ1) is 5.24. The van der Waals surface area contributed by atoms with Crippen LogP contribution in [-0.4, -0.2) is 55.2 Å². The Kier molecular flexibility index (Phi) is 2.64. The normalized spacial score (nSPS) is 22.4. The second-order valence-electron chi connectivity index (χ2n) is 2.71. The summed E-state index contributed by atoms with van der Waals surface area (Å²) in [6, 6.07) is 0. The lowest BCUT2D eigenvalue weighted by atomic mass is 10.4. The van der Waals surface area contributed by atoms with Crippen LogP contribution in [0.3, 0.4) is 0 Å². The Morgan fingerprint density at radius 3 is 2.27 bits per heavy atom. The number of likely N-dealkylation sites (N-methyl/N-ethyl adjacent to an activating group) is 1. The Balaban J connectivity index is 2.39. The fraction of sp³-hybridized carbons (Fsp3) is 1.00.